The molecule has 0 radical (unpaired) electrons. The Morgan fingerprint density at radius 1 is 1.30 bits per heavy atom. The first-order valence-corrected chi connectivity index (χ1v) is 8.87. The Bertz CT molecular complexity index is 1010. The summed E-state index contributed by atoms with van der Waals surface area (Å²) in [7, 11) is 0. The number of benzene rings is 1. The number of halogens is 1. The molecule has 0 fully saturated rings. The van der Waals surface area contributed by atoms with Crippen LogP contribution in [-0.2, 0) is 9.59 Å². The Morgan fingerprint density at radius 3 is 2.93 bits per heavy atom. The quantitative estimate of drug-likeness (QED) is 0.748. The van der Waals surface area contributed by atoms with Crippen molar-refractivity contribution in [2.24, 2.45) is 0 Å². The van der Waals surface area contributed by atoms with Crippen molar-refractivity contribution in [3.8, 4) is 17.0 Å². The molecule has 9 heteroatoms. The van der Waals surface area contributed by atoms with Crippen molar-refractivity contribution >= 4 is 34.1 Å². The lowest BCUT2D eigenvalue weighted by Crippen LogP contribution is -2.43. The Morgan fingerprint density at radius 2 is 2.11 bits per heavy atom. The molecule has 1 aromatic carbocycles. The molecule has 3 aromatic rings. The predicted molar refractivity (Wildman–Crippen MR) is 98.2 cm³/mol. The molecule has 27 heavy (non-hydrogen) atoms. The van der Waals surface area contributed by atoms with Crippen LogP contribution < -0.4 is 15.0 Å². The van der Waals surface area contributed by atoms with Crippen LogP contribution in [0.15, 0.2) is 48.0 Å². The molecule has 2 aromatic heterocycles. The fourth-order valence-corrected chi connectivity index (χ4v) is 3.32. The number of pyridine rings is 1. The summed E-state index contributed by atoms with van der Waals surface area (Å²) < 4.78 is 18.3. The van der Waals surface area contributed by atoms with E-state index in [4.69, 9.17) is 4.74 Å². The number of amides is 2. The third kappa shape index (κ3) is 3.63. The van der Waals surface area contributed by atoms with Gasteiger partial charge in [0.05, 0.1) is 5.69 Å². The smallest absolute Gasteiger partial charge is 0.266 e. The SMILES string of the molecule is O=C(CN1C(=O)COc2cccnc21)Nc1nc(-c2ccc(F)cc2)cs1. The molecule has 136 valence electrons. The van der Waals surface area contributed by atoms with E-state index in [0.29, 0.717) is 22.4 Å². The van der Waals surface area contributed by atoms with Crippen LogP contribution in [-0.4, -0.2) is 34.9 Å². The zero-order valence-electron chi connectivity index (χ0n) is 13.9. The summed E-state index contributed by atoms with van der Waals surface area (Å²) in [6.07, 6.45) is 1.53. The maximum Gasteiger partial charge on any atom is 0.266 e. The highest BCUT2D eigenvalue weighted by molar-refractivity contribution is 7.14. The van der Waals surface area contributed by atoms with Gasteiger partial charge in [0, 0.05) is 17.1 Å². The molecule has 0 saturated carbocycles. The number of nitrogens with zero attached hydrogens (tertiary/aromatic N) is 3. The van der Waals surface area contributed by atoms with E-state index in [1.165, 1.54) is 34.6 Å². The van der Waals surface area contributed by atoms with Gasteiger partial charge < -0.3 is 10.1 Å². The van der Waals surface area contributed by atoms with Crippen LogP contribution in [0.1, 0.15) is 0 Å². The first-order chi connectivity index (χ1) is 13.1. The number of aromatic nitrogens is 2. The van der Waals surface area contributed by atoms with E-state index in [9.17, 15) is 14.0 Å². The second kappa shape index (κ2) is 7.12. The molecule has 4 rings (SSSR count). The summed E-state index contributed by atoms with van der Waals surface area (Å²) in [5, 5.41) is 4.83. The number of fused-ring (bicyclic) bond motifs is 1. The third-order valence-corrected chi connectivity index (χ3v) is 4.61. The number of ether oxygens (including phenoxy) is 1. The second-order valence-electron chi connectivity index (χ2n) is 5.69. The lowest BCUT2D eigenvalue weighted by atomic mass is 10.2. The van der Waals surface area contributed by atoms with Gasteiger partial charge in [0.15, 0.2) is 23.3 Å². The molecule has 0 unspecified atom stereocenters. The average Bonchev–Trinajstić information content (AvgIpc) is 3.13. The van der Waals surface area contributed by atoms with Gasteiger partial charge in [-0.3, -0.25) is 14.5 Å². The molecule has 2 amide bonds. The Labute approximate surface area is 157 Å². The van der Waals surface area contributed by atoms with Gasteiger partial charge in [0.2, 0.25) is 5.91 Å². The van der Waals surface area contributed by atoms with Crippen LogP contribution in [0.25, 0.3) is 11.3 Å². The zero-order valence-corrected chi connectivity index (χ0v) is 14.7. The van der Waals surface area contributed by atoms with Gasteiger partial charge in [-0.15, -0.1) is 11.3 Å². The standard InChI is InChI=1S/C18H13FN4O3S/c19-12-5-3-11(4-6-12)13-10-27-18(21-13)22-15(24)8-23-16(25)9-26-14-2-1-7-20-17(14)23/h1-7,10H,8-9H2,(H,21,22,24). The number of rotatable bonds is 4. The van der Waals surface area contributed by atoms with Crippen LogP contribution in [0.3, 0.4) is 0 Å². The highest BCUT2D eigenvalue weighted by Crippen LogP contribution is 2.29. The highest BCUT2D eigenvalue weighted by atomic mass is 32.1. The van der Waals surface area contributed by atoms with Crippen molar-refractivity contribution in [2.75, 3.05) is 23.4 Å². The summed E-state index contributed by atoms with van der Waals surface area (Å²) in [6.45, 7) is -0.338. The molecule has 7 nitrogen and oxygen atoms in total. The summed E-state index contributed by atoms with van der Waals surface area (Å²) in [5.74, 6) is -0.302. The van der Waals surface area contributed by atoms with Crippen molar-refractivity contribution in [3.63, 3.8) is 0 Å². The molecule has 1 aliphatic rings. The second-order valence-corrected chi connectivity index (χ2v) is 6.54. The van der Waals surface area contributed by atoms with Gasteiger partial charge in [0.25, 0.3) is 5.91 Å². The lowest BCUT2D eigenvalue weighted by Gasteiger charge is -2.27. The Kier molecular flexibility index (Phi) is 4.51. The molecule has 0 bridgehead atoms. The van der Waals surface area contributed by atoms with Crippen molar-refractivity contribution in [1.29, 1.82) is 0 Å². The largest absolute Gasteiger partial charge is 0.480 e. The van der Waals surface area contributed by atoms with E-state index in [1.54, 1.807) is 29.6 Å². The molecule has 0 spiro atoms. The molecular formula is C18H13FN4O3S. The Balaban J connectivity index is 1.46. The number of nitrogens with one attached hydrogen (secondary N) is 1. The van der Waals surface area contributed by atoms with Crippen LogP contribution in [0.4, 0.5) is 15.3 Å². The van der Waals surface area contributed by atoms with Gasteiger partial charge in [-0.25, -0.2) is 14.4 Å². The van der Waals surface area contributed by atoms with Gasteiger partial charge in [-0.2, -0.15) is 0 Å². The summed E-state index contributed by atoms with van der Waals surface area (Å²) in [6, 6.07) is 9.31. The van der Waals surface area contributed by atoms with E-state index < -0.39 is 5.91 Å². The topological polar surface area (TPSA) is 84.4 Å². The average molecular weight is 384 g/mol. The van der Waals surface area contributed by atoms with Crippen molar-refractivity contribution in [3.05, 3.63) is 53.8 Å². The number of hydrogen-bond acceptors (Lipinski definition) is 6. The lowest BCUT2D eigenvalue weighted by molar-refractivity contribution is -0.123. The van der Waals surface area contributed by atoms with Gasteiger partial charge >= 0.3 is 0 Å². The molecule has 0 saturated heterocycles. The van der Waals surface area contributed by atoms with Crippen LogP contribution in [0, 0.1) is 5.82 Å². The maximum atomic E-state index is 13.0. The van der Waals surface area contributed by atoms with Crippen molar-refractivity contribution in [1.82, 2.24) is 9.97 Å². The molecule has 0 atom stereocenters. The maximum absolute atomic E-state index is 13.0. The minimum absolute atomic E-state index is 0.141. The van der Waals surface area contributed by atoms with Crippen LogP contribution >= 0.6 is 11.3 Å². The van der Waals surface area contributed by atoms with E-state index in [-0.39, 0.29) is 24.9 Å². The summed E-state index contributed by atoms with van der Waals surface area (Å²) >= 11 is 1.24. The van der Waals surface area contributed by atoms with Gasteiger partial charge in [-0.05, 0) is 36.4 Å². The Hall–Kier alpha value is -3.33. The normalized spacial score (nSPS) is 13.1. The van der Waals surface area contributed by atoms with E-state index in [2.05, 4.69) is 15.3 Å². The first kappa shape index (κ1) is 17.1. The third-order valence-electron chi connectivity index (χ3n) is 3.85. The minimum Gasteiger partial charge on any atom is -0.480 e. The molecule has 0 aliphatic carbocycles. The number of anilines is 2. The molecule has 1 aliphatic heterocycles. The van der Waals surface area contributed by atoms with Crippen molar-refractivity contribution in [2.45, 2.75) is 0 Å². The van der Waals surface area contributed by atoms with E-state index >= 15 is 0 Å². The monoisotopic (exact) mass is 384 g/mol. The number of thiazole rings is 1. The van der Waals surface area contributed by atoms with Gasteiger partial charge in [0.1, 0.15) is 12.4 Å². The number of hydrogen-bond donors (Lipinski definition) is 1. The van der Waals surface area contributed by atoms with Gasteiger partial charge in [-0.1, -0.05) is 0 Å². The highest BCUT2D eigenvalue weighted by Gasteiger charge is 2.28. The first-order valence-electron chi connectivity index (χ1n) is 7.99. The summed E-state index contributed by atoms with van der Waals surface area (Å²) in [4.78, 5) is 34.2. The molecule has 1 N–H and O–H groups in total. The minimum atomic E-state index is -0.401. The van der Waals surface area contributed by atoms with E-state index in [1.807, 2.05) is 0 Å². The van der Waals surface area contributed by atoms with Crippen LogP contribution in [0.2, 0.25) is 0 Å². The fourth-order valence-electron chi connectivity index (χ4n) is 2.58. The number of carbonyl (C=O) groups is 2. The number of carbonyl (C=O) groups excluding carboxylic acids is 2. The zero-order chi connectivity index (χ0) is 18.8. The fraction of sp³-hybridized carbons (Fsp3) is 0.111. The summed E-state index contributed by atoms with van der Waals surface area (Å²) in [5.41, 5.74) is 1.37. The molecular weight excluding hydrogens is 371 g/mol. The van der Waals surface area contributed by atoms with E-state index in [0.717, 1.165) is 5.56 Å². The predicted octanol–water partition coefficient (Wildman–Crippen LogP) is 2.71. The van der Waals surface area contributed by atoms with Crippen LogP contribution in [0.5, 0.6) is 5.75 Å². The molecule has 3 heterocycles. The van der Waals surface area contributed by atoms with Crippen molar-refractivity contribution < 1.29 is 18.7 Å².